The van der Waals surface area contributed by atoms with Crippen molar-refractivity contribution in [1.82, 2.24) is 15.8 Å². The van der Waals surface area contributed by atoms with E-state index in [1.807, 2.05) is 12.1 Å². The maximum absolute atomic E-state index is 12.1. The van der Waals surface area contributed by atoms with Crippen LogP contribution in [0.5, 0.6) is 0 Å². The standard InChI is InChI=1S/C16H23N3O/c1-10-14(15(18-17-10)11-7-8-11)12-5-4-6-13(9-12)16(20)19(2)3/h4-6,9-11,14-15,17-18H,7-8H2,1-3H3. The SMILES string of the molecule is CC1NNC(C2CC2)C1c1cccc(C(=O)N(C)C)c1. The fraction of sp³-hybridized carbons (Fsp3) is 0.562. The van der Waals surface area contributed by atoms with E-state index in [1.165, 1.54) is 18.4 Å². The first-order chi connectivity index (χ1) is 9.58. The molecule has 1 aromatic rings. The zero-order valence-corrected chi connectivity index (χ0v) is 12.4. The summed E-state index contributed by atoms with van der Waals surface area (Å²) in [6, 6.07) is 9.00. The van der Waals surface area contributed by atoms with Gasteiger partial charge in [-0.1, -0.05) is 12.1 Å². The van der Waals surface area contributed by atoms with Gasteiger partial charge in [-0.25, -0.2) is 0 Å². The fourth-order valence-electron chi connectivity index (χ4n) is 3.22. The van der Waals surface area contributed by atoms with Crippen LogP contribution in [0, 0.1) is 5.92 Å². The minimum Gasteiger partial charge on any atom is -0.345 e. The van der Waals surface area contributed by atoms with Crippen LogP contribution in [-0.2, 0) is 0 Å². The smallest absolute Gasteiger partial charge is 0.253 e. The van der Waals surface area contributed by atoms with E-state index in [1.54, 1.807) is 19.0 Å². The Morgan fingerprint density at radius 3 is 2.65 bits per heavy atom. The zero-order chi connectivity index (χ0) is 14.3. The average Bonchev–Trinajstić information content (AvgIpc) is 3.21. The van der Waals surface area contributed by atoms with Gasteiger partial charge in [0.2, 0.25) is 0 Å². The van der Waals surface area contributed by atoms with Crippen LogP contribution in [0.2, 0.25) is 0 Å². The molecule has 3 atom stereocenters. The summed E-state index contributed by atoms with van der Waals surface area (Å²) >= 11 is 0. The summed E-state index contributed by atoms with van der Waals surface area (Å²) < 4.78 is 0. The number of nitrogens with zero attached hydrogens (tertiary/aromatic N) is 1. The van der Waals surface area contributed by atoms with Crippen molar-refractivity contribution >= 4 is 5.91 Å². The number of hydrogen-bond donors (Lipinski definition) is 2. The molecule has 2 fully saturated rings. The minimum absolute atomic E-state index is 0.0707. The first-order valence-corrected chi connectivity index (χ1v) is 7.40. The molecule has 108 valence electrons. The van der Waals surface area contributed by atoms with E-state index < -0.39 is 0 Å². The highest BCUT2D eigenvalue weighted by Gasteiger charge is 2.43. The molecule has 4 nitrogen and oxygen atoms in total. The van der Waals surface area contributed by atoms with E-state index in [0.29, 0.717) is 18.0 Å². The number of benzene rings is 1. The molecule has 1 aromatic carbocycles. The molecule has 1 saturated heterocycles. The van der Waals surface area contributed by atoms with Crippen molar-refractivity contribution in [3.05, 3.63) is 35.4 Å². The molecule has 0 bridgehead atoms. The van der Waals surface area contributed by atoms with Gasteiger partial charge in [0.05, 0.1) is 0 Å². The number of nitrogens with one attached hydrogen (secondary N) is 2. The largest absolute Gasteiger partial charge is 0.345 e. The lowest BCUT2D eigenvalue weighted by molar-refractivity contribution is 0.0827. The summed E-state index contributed by atoms with van der Waals surface area (Å²) in [6.07, 6.45) is 2.64. The molecule has 2 aliphatic rings. The van der Waals surface area contributed by atoms with Crippen LogP contribution < -0.4 is 10.9 Å². The van der Waals surface area contributed by atoms with Gasteiger partial charge in [-0.3, -0.25) is 15.6 Å². The molecule has 0 radical (unpaired) electrons. The number of hydrazine groups is 1. The Labute approximate surface area is 120 Å². The van der Waals surface area contributed by atoms with Crippen LogP contribution in [0.1, 0.15) is 41.6 Å². The first-order valence-electron chi connectivity index (χ1n) is 7.40. The summed E-state index contributed by atoms with van der Waals surface area (Å²) in [5.74, 6) is 1.30. The summed E-state index contributed by atoms with van der Waals surface area (Å²) in [4.78, 5) is 13.7. The quantitative estimate of drug-likeness (QED) is 0.882. The van der Waals surface area contributed by atoms with Crippen LogP contribution in [0.3, 0.4) is 0 Å². The van der Waals surface area contributed by atoms with E-state index in [-0.39, 0.29) is 5.91 Å². The molecule has 1 aliphatic carbocycles. The summed E-state index contributed by atoms with van der Waals surface area (Å²) in [5, 5.41) is 0. The van der Waals surface area contributed by atoms with Crippen molar-refractivity contribution in [3.63, 3.8) is 0 Å². The number of carbonyl (C=O) groups is 1. The second kappa shape index (κ2) is 5.19. The van der Waals surface area contributed by atoms with E-state index in [0.717, 1.165) is 11.5 Å². The molecule has 1 heterocycles. The molecule has 0 aromatic heterocycles. The molecule has 4 heteroatoms. The third-order valence-electron chi connectivity index (χ3n) is 4.46. The third-order valence-corrected chi connectivity index (χ3v) is 4.46. The Bertz CT molecular complexity index is 510. The highest BCUT2D eigenvalue weighted by molar-refractivity contribution is 5.94. The van der Waals surface area contributed by atoms with Gasteiger partial charge >= 0.3 is 0 Å². The van der Waals surface area contributed by atoms with Gasteiger partial charge in [-0.2, -0.15) is 0 Å². The van der Waals surface area contributed by atoms with Crippen LogP contribution in [0.25, 0.3) is 0 Å². The Kier molecular flexibility index (Phi) is 3.52. The minimum atomic E-state index is 0.0707. The molecule has 1 saturated carbocycles. The van der Waals surface area contributed by atoms with Gasteiger partial charge < -0.3 is 4.90 Å². The molecule has 0 spiro atoms. The van der Waals surface area contributed by atoms with E-state index >= 15 is 0 Å². The highest BCUT2D eigenvalue weighted by Crippen LogP contribution is 2.42. The Morgan fingerprint density at radius 1 is 1.25 bits per heavy atom. The monoisotopic (exact) mass is 273 g/mol. The number of rotatable bonds is 3. The van der Waals surface area contributed by atoms with E-state index in [4.69, 9.17) is 0 Å². The third kappa shape index (κ3) is 2.45. The lowest BCUT2D eigenvalue weighted by Gasteiger charge is -2.22. The van der Waals surface area contributed by atoms with Gasteiger partial charge in [0.1, 0.15) is 0 Å². The van der Waals surface area contributed by atoms with Crippen molar-refractivity contribution in [2.45, 2.75) is 37.8 Å². The maximum Gasteiger partial charge on any atom is 0.253 e. The van der Waals surface area contributed by atoms with E-state index in [2.05, 4.69) is 29.9 Å². The number of amides is 1. The molecular formula is C16H23N3O. The Balaban J connectivity index is 1.89. The second-order valence-electron chi connectivity index (χ2n) is 6.29. The molecule has 2 N–H and O–H groups in total. The van der Waals surface area contributed by atoms with Crippen LogP contribution >= 0.6 is 0 Å². The summed E-state index contributed by atoms with van der Waals surface area (Å²) in [5.41, 5.74) is 8.85. The lowest BCUT2D eigenvalue weighted by atomic mass is 9.85. The van der Waals surface area contributed by atoms with Crippen LogP contribution in [0.15, 0.2) is 24.3 Å². The molecule has 3 unspecified atom stereocenters. The van der Waals surface area contributed by atoms with Crippen molar-refractivity contribution in [3.8, 4) is 0 Å². The van der Waals surface area contributed by atoms with Gasteiger partial charge in [0.25, 0.3) is 5.91 Å². The highest BCUT2D eigenvalue weighted by atomic mass is 16.2. The molecule has 3 rings (SSSR count). The van der Waals surface area contributed by atoms with Crippen molar-refractivity contribution in [2.24, 2.45) is 5.92 Å². The van der Waals surface area contributed by atoms with Gasteiger partial charge in [-0.15, -0.1) is 0 Å². The predicted molar refractivity (Wildman–Crippen MR) is 79.4 cm³/mol. The fourth-order valence-corrected chi connectivity index (χ4v) is 3.22. The van der Waals surface area contributed by atoms with E-state index in [9.17, 15) is 4.79 Å². The zero-order valence-electron chi connectivity index (χ0n) is 12.4. The van der Waals surface area contributed by atoms with Crippen molar-refractivity contribution < 1.29 is 4.79 Å². The topological polar surface area (TPSA) is 44.4 Å². The normalized spacial score (nSPS) is 29.4. The number of hydrogen-bond acceptors (Lipinski definition) is 3. The Hall–Kier alpha value is -1.39. The van der Waals surface area contributed by atoms with Crippen LogP contribution in [0.4, 0.5) is 0 Å². The van der Waals surface area contributed by atoms with Gasteiger partial charge in [0.15, 0.2) is 0 Å². The van der Waals surface area contributed by atoms with Crippen molar-refractivity contribution in [1.29, 1.82) is 0 Å². The molecule has 1 amide bonds. The predicted octanol–water partition coefficient (Wildman–Crippen LogP) is 1.75. The van der Waals surface area contributed by atoms with Gasteiger partial charge in [-0.05, 0) is 43.4 Å². The Morgan fingerprint density at radius 2 is 2.00 bits per heavy atom. The van der Waals surface area contributed by atoms with Crippen molar-refractivity contribution in [2.75, 3.05) is 14.1 Å². The van der Waals surface area contributed by atoms with Gasteiger partial charge in [0, 0.05) is 37.7 Å². The molecule has 1 aliphatic heterocycles. The second-order valence-corrected chi connectivity index (χ2v) is 6.29. The molecular weight excluding hydrogens is 250 g/mol. The average molecular weight is 273 g/mol. The molecule has 20 heavy (non-hydrogen) atoms. The maximum atomic E-state index is 12.1. The summed E-state index contributed by atoms with van der Waals surface area (Å²) in [7, 11) is 3.59. The number of carbonyl (C=O) groups excluding carboxylic acids is 1. The van der Waals surface area contributed by atoms with Crippen LogP contribution in [-0.4, -0.2) is 37.0 Å². The summed E-state index contributed by atoms with van der Waals surface area (Å²) in [6.45, 7) is 2.21. The first kappa shape index (κ1) is 13.6. The lowest BCUT2D eigenvalue weighted by Crippen LogP contribution is -2.33.